The molecule has 24 heavy (non-hydrogen) atoms. The molecule has 6 nitrogen and oxygen atoms in total. The molecule has 1 fully saturated rings. The number of morpholine rings is 1. The fourth-order valence-corrected chi connectivity index (χ4v) is 3.01. The molecule has 2 aromatic rings. The van der Waals surface area contributed by atoms with Crippen LogP contribution in [-0.2, 0) is 11.8 Å². The summed E-state index contributed by atoms with van der Waals surface area (Å²) in [5.74, 6) is -0.144. The Hall–Kier alpha value is -2.18. The lowest BCUT2D eigenvalue weighted by atomic mass is 10.0. The van der Waals surface area contributed by atoms with E-state index < -0.39 is 0 Å². The number of pyridine rings is 1. The molecule has 0 saturated carbocycles. The second-order valence-corrected chi connectivity index (χ2v) is 6.22. The summed E-state index contributed by atoms with van der Waals surface area (Å²) >= 11 is 0. The van der Waals surface area contributed by atoms with Gasteiger partial charge in [-0.2, -0.15) is 0 Å². The summed E-state index contributed by atoms with van der Waals surface area (Å²) in [5, 5.41) is 4.25. The number of nitrogens with zero attached hydrogens (tertiary/aromatic N) is 2. The van der Waals surface area contributed by atoms with Crippen LogP contribution in [0.5, 0.6) is 0 Å². The predicted octanol–water partition coefficient (Wildman–Crippen LogP) is 0.909. The second-order valence-electron chi connectivity index (χ2n) is 6.22. The van der Waals surface area contributed by atoms with Crippen LogP contribution in [0, 0.1) is 6.92 Å². The molecular weight excluding hydrogens is 306 g/mol. The van der Waals surface area contributed by atoms with E-state index in [9.17, 15) is 9.59 Å². The molecule has 6 heteroatoms. The molecule has 3 rings (SSSR count). The third kappa shape index (κ3) is 3.49. The maximum absolute atomic E-state index is 12.6. The highest BCUT2D eigenvalue weighted by Gasteiger charge is 2.15. The highest BCUT2D eigenvalue weighted by atomic mass is 16.5. The number of nitrogens with one attached hydrogen (secondary N) is 1. The minimum absolute atomic E-state index is 0.0881. The molecular formula is C18H23N3O3. The minimum atomic E-state index is -0.144. The van der Waals surface area contributed by atoms with Crippen LogP contribution < -0.4 is 10.9 Å². The Morgan fingerprint density at radius 1 is 1.25 bits per heavy atom. The summed E-state index contributed by atoms with van der Waals surface area (Å²) in [7, 11) is 1.67. The SMILES string of the molecule is Cc1ccc2c(=O)n(C)cc(C(=O)NCCN3CCOCC3)c2c1. The van der Waals surface area contributed by atoms with Gasteiger partial charge in [0.1, 0.15) is 0 Å². The average molecular weight is 329 g/mol. The number of hydrogen-bond acceptors (Lipinski definition) is 4. The lowest BCUT2D eigenvalue weighted by molar-refractivity contribution is 0.0383. The number of carbonyl (C=O) groups is 1. The number of benzene rings is 1. The zero-order valence-electron chi connectivity index (χ0n) is 14.2. The van der Waals surface area contributed by atoms with Gasteiger partial charge in [0, 0.05) is 50.2 Å². The predicted molar refractivity (Wildman–Crippen MR) is 93.5 cm³/mol. The molecule has 0 atom stereocenters. The Labute approximate surface area is 141 Å². The Kier molecular flexibility index (Phi) is 4.97. The number of ether oxygens (including phenoxy) is 1. The van der Waals surface area contributed by atoms with Gasteiger partial charge in [0.2, 0.25) is 0 Å². The molecule has 1 aliphatic heterocycles. The lowest BCUT2D eigenvalue weighted by Gasteiger charge is -2.26. The first-order valence-electron chi connectivity index (χ1n) is 8.24. The highest BCUT2D eigenvalue weighted by molar-refractivity contribution is 6.06. The van der Waals surface area contributed by atoms with Crippen molar-refractivity contribution in [2.24, 2.45) is 7.05 Å². The summed E-state index contributed by atoms with van der Waals surface area (Å²) < 4.78 is 6.79. The monoisotopic (exact) mass is 329 g/mol. The zero-order valence-corrected chi connectivity index (χ0v) is 14.2. The van der Waals surface area contributed by atoms with E-state index in [0.29, 0.717) is 22.9 Å². The Morgan fingerprint density at radius 2 is 2.00 bits per heavy atom. The van der Waals surface area contributed by atoms with Gasteiger partial charge in [-0.25, -0.2) is 0 Å². The van der Waals surface area contributed by atoms with E-state index in [0.717, 1.165) is 38.4 Å². The number of aromatic nitrogens is 1. The van der Waals surface area contributed by atoms with Gasteiger partial charge in [0.15, 0.2) is 0 Å². The van der Waals surface area contributed by atoms with Crippen LogP contribution in [0.4, 0.5) is 0 Å². The van der Waals surface area contributed by atoms with Crippen molar-refractivity contribution in [1.29, 1.82) is 0 Å². The van der Waals surface area contributed by atoms with Crippen molar-refractivity contribution in [3.05, 3.63) is 45.9 Å². The van der Waals surface area contributed by atoms with Crippen LogP contribution >= 0.6 is 0 Å². The summed E-state index contributed by atoms with van der Waals surface area (Å²) in [5.41, 5.74) is 1.48. The van der Waals surface area contributed by atoms with Crippen LogP contribution in [0.25, 0.3) is 10.8 Å². The van der Waals surface area contributed by atoms with Crippen molar-refractivity contribution >= 4 is 16.7 Å². The molecule has 1 N–H and O–H groups in total. The van der Waals surface area contributed by atoms with Crippen LogP contribution in [0.2, 0.25) is 0 Å². The van der Waals surface area contributed by atoms with Crippen molar-refractivity contribution in [3.63, 3.8) is 0 Å². The van der Waals surface area contributed by atoms with Gasteiger partial charge in [-0.3, -0.25) is 14.5 Å². The maximum atomic E-state index is 12.6. The van der Waals surface area contributed by atoms with E-state index in [1.54, 1.807) is 19.3 Å². The Bertz CT molecular complexity index is 807. The molecule has 1 saturated heterocycles. The number of fused-ring (bicyclic) bond motifs is 1. The van der Waals surface area contributed by atoms with Gasteiger partial charge < -0.3 is 14.6 Å². The standard InChI is InChI=1S/C18H23N3O3/c1-13-3-4-14-15(11-13)16(12-20(2)18(14)23)17(22)19-5-6-21-7-9-24-10-8-21/h3-4,11-12H,5-10H2,1-2H3,(H,19,22). The molecule has 1 aromatic heterocycles. The summed E-state index contributed by atoms with van der Waals surface area (Å²) in [6, 6.07) is 5.58. The molecule has 1 amide bonds. The summed E-state index contributed by atoms with van der Waals surface area (Å²) in [6.07, 6.45) is 1.62. The van der Waals surface area contributed by atoms with Crippen molar-refractivity contribution < 1.29 is 9.53 Å². The van der Waals surface area contributed by atoms with Gasteiger partial charge in [-0.05, 0) is 13.0 Å². The molecule has 1 aromatic carbocycles. The molecule has 128 valence electrons. The van der Waals surface area contributed by atoms with E-state index >= 15 is 0 Å². The van der Waals surface area contributed by atoms with E-state index in [1.807, 2.05) is 19.1 Å². The van der Waals surface area contributed by atoms with Crippen molar-refractivity contribution in [1.82, 2.24) is 14.8 Å². The molecule has 0 aliphatic carbocycles. The fourth-order valence-electron chi connectivity index (χ4n) is 3.01. The van der Waals surface area contributed by atoms with Crippen LogP contribution in [0.1, 0.15) is 15.9 Å². The van der Waals surface area contributed by atoms with Gasteiger partial charge in [-0.15, -0.1) is 0 Å². The molecule has 0 radical (unpaired) electrons. The van der Waals surface area contributed by atoms with Gasteiger partial charge in [-0.1, -0.05) is 17.7 Å². The quantitative estimate of drug-likeness (QED) is 0.906. The normalized spacial score (nSPS) is 15.6. The third-order valence-corrected chi connectivity index (χ3v) is 4.40. The van der Waals surface area contributed by atoms with E-state index in [-0.39, 0.29) is 11.5 Å². The Balaban J connectivity index is 1.77. The number of hydrogen-bond donors (Lipinski definition) is 1. The van der Waals surface area contributed by atoms with E-state index in [2.05, 4.69) is 10.2 Å². The summed E-state index contributed by atoms with van der Waals surface area (Å²) in [6.45, 7) is 6.64. The topological polar surface area (TPSA) is 63.6 Å². The number of carbonyl (C=O) groups excluding carboxylic acids is 1. The van der Waals surface area contributed by atoms with Gasteiger partial charge in [0.25, 0.3) is 11.5 Å². The molecule has 0 unspecified atom stereocenters. The number of amides is 1. The number of rotatable bonds is 4. The molecule has 2 heterocycles. The molecule has 1 aliphatic rings. The molecule has 0 spiro atoms. The average Bonchev–Trinajstić information content (AvgIpc) is 2.59. The smallest absolute Gasteiger partial charge is 0.258 e. The van der Waals surface area contributed by atoms with Crippen molar-refractivity contribution in [2.75, 3.05) is 39.4 Å². The van der Waals surface area contributed by atoms with Crippen LogP contribution in [0.15, 0.2) is 29.2 Å². The first-order valence-corrected chi connectivity index (χ1v) is 8.24. The van der Waals surface area contributed by atoms with Crippen molar-refractivity contribution in [2.45, 2.75) is 6.92 Å². The van der Waals surface area contributed by atoms with Gasteiger partial charge >= 0.3 is 0 Å². The van der Waals surface area contributed by atoms with Gasteiger partial charge in [0.05, 0.1) is 18.8 Å². The number of aryl methyl sites for hydroxylation is 2. The first-order chi connectivity index (χ1) is 11.6. The van der Waals surface area contributed by atoms with Crippen LogP contribution in [-0.4, -0.2) is 54.8 Å². The first kappa shape index (κ1) is 16.7. The molecule has 0 bridgehead atoms. The third-order valence-electron chi connectivity index (χ3n) is 4.40. The highest BCUT2D eigenvalue weighted by Crippen LogP contribution is 2.17. The maximum Gasteiger partial charge on any atom is 0.258 e. The largest absolute Gasteiger partial charge is 0.379 e. The van der Waals surface area contributed by atoms with E-state index in [1.165, 1.54) is 4.57 Å². The zero-order chi connectivity index (χ0) is 17.1. The van der Waals surface area contributed by atoms with E-state index in [4.69, 9.17) is 4.74 Å². The Morgan fingerprint density at radius 3 is 2.75 bits per heavy atom. The summed E-state index contributed by atoms with van der Waals surface area (Å²) in [4.78, 5) is 27.1. The lowest BCUT2D eigenvalue weighted by Crippen LogP contribution is -2.41. The van der Waals surface area contributed by atoms with Crippen molar-refractivity contribution in [3.8, 4) is 0 Å². The fraction of sp³-hybridized carbons (Fsp3) is 0.444. The second kappa shape index (κ2) is 7.15. The van der Waals surface area contributed by atoms with Crippen LogP contribution in [0.3, 0.4) is 0 Å². The minimum Gasteiger partial charge on any atom is -0.379 e.